The van der Waals surface area contributed by atoms with Crippen molar-refractivity contribution >= 4 is 40.7 Å². The molecule has 5 nitrogen and oxygen atoms in total. The molecule has 1 aliphatic heterocycles. The van der Waals surface area contributed by atoms with Crippen molar-refractivity contribution in [2.45, 2.75) is 13.8 Å². The van der Waals surface area contributed by atoms with E-state index in [4.69, 9.17) is 17.0 Å². The molecule has 6 heteroatoms. The van der Waals surface area contributed by atoms with Crippen LogP contribution in [0.3, 0.4) is 0 Å². The zero-order valence-corrected chi connectivity index (χ0v) is 16.5. The number of amides is 1. The van der Waals surface area contributed by atoms with Crippen LogP contribution in [0, 0.1) is 0 Å². The van der Waals surface area contributed by atoms with Gasteiger partial charge in [0.1, 0.15) is 11.4 Å². The summed E-state index contributed by atoms with van der Waals surface area (Å²) in [4.78, 5) is 16.6. The second-order valence-electron chi connectivity index (χ2n) is 6.09. The Labute approximate surface area is 165 Å². The molecule has 1 heterocycles. The molecule has 3 rings (SSSR count). The summed E-state index contributed by atoms with van der Waals surface area (Å²) in [5.74, 6) is 0.494. The van der Waals surface area contributed by atoms with Gasteiger partial charge >= 0.3 is 0 Å². The molecule has 1 saturated heterocycles. The number of benzene rings is 2. The minimum atomic E-state index is -0.180. The van der Waals surface area contributed by atoms with Gasteiger partial charge in [-0.3, -0.25) is 9.69 Å². The minimum absolute atomic E-state index is 0.180. The number of rotatable bonds is 6. The summed E-state index contributed by atoms with van der Waals surface area (Å²) in [5.41, 5.74) is 3.24. The molecule has 140 valence electrons. The van der Waals surface area contributed by atoms with Crippen molar-refractivity contribution in [3.05, 3.63) is 59.8 Å². The van der Waals surface area contributed by atoms with Crippen LogP contribution in [0.2, 0.25) is 0 Å². The number of anilines is 2. The van der Waals surface area contributed by atoms with Crippen LogP contribution in [-0.4, -0.2) is 31.2 Å². The Hall–Kier alpha value is -2.86. The fourth-order valence-corrected chi connectivity index (χ4v) is 3.35. The monoisotopic (exact) mass is 381 g/mol. The number of carbonyl (C=O) groups is 1. The maximum absolute atomic E-state index is 12.8. The standard InChI is InChI=1S/C21H23N3O2S/c1-4-23(5-2)16-11-9-15(10-12-16)13-19-20(25)24(21(27)22-19)17-7-6-8-18(14-17)26-3/h6-14H,4-5H2,1-3H3,(H,22,27). The summed E-state index contributed by atoms with van der Waals surface area (Å²) in [5, 5.41) is 3.38. The molecule has 0 unspecified atom stereocenters. The number of carbonyl (C=O) groups excluding carboxylic acids is 1. The molecule has 2 aromatic carbocycles. The van der Waals surface area contributed by atoms with E-state index in [-0.39, 0.29) is 5.91 Å². The molecule has 0 aromatic heterocycles. The van der Waals surface area contributed by atoms with Crippen LogP contribution in [0.25, 0.3) is 6.08 Å². The molecule has 1 fully saturated rings. The van der Waals surface area contributed by atoms with Crippen LogP contribution in [0.5, 0.6) is 5.75 Å². The first-order valence-electron chi connectivity index (χ1n) is 8.93. The normalized spacial score (nSPS) is 15.2. The summed E-state index contributed by atoms with van der Waals surface area (Å²) < 4.78 is 5.24. The topological polar surface area (TPSA) is 44.8 Å². The Balaban J connectivity index is 1.83. The Morgan fingerprint density at radius 3 is 2.48 bits per heavy atom. The van der Waals surface area contributed by atoms with E-state index in [1.807, 2.05) is 36.4 Å². The maximum atomic E-state index is 12.8. The van der Waals surface area contributed by atoms with Crippen LogP contribution in [0.4, 0.5) is 11.4 Å². The number of methoxy groups -OCH3 is 1. The van der Waals surface area contributed by atoms with Gasteiger partial charge in [-0.1, -0.05) is 18.2 Å². The number of ether oxygens (including phenoxy) is 1. The van der Waals surface area contributed by atoms with Crippen LogP contribution < -0.4 is 19.9 Å². The predicted octanol–water partition coefficient (Wildman–Crippen LogP) is 3.80. The Bertz CT molecular complexity index is 873. The van der Waals surface area contributed by atoms with Gasteiger partial charge in [0.15, 0.2) is 5.11 Å². The third-order valence-electron chi connectivity index (χ3n) is 4.52. The number of hydrogen-bond acceptors (Lipinski definition) is 4. The molecular weight excluding hydrogens is 358 g/mol. The van der Waals surface area contributed by atoms with Gasteiger partial charge in [-0.15, -0.1) is 0 Å². The van der Waals surface area contributed by atoms with E-state index >= 15 is 0 Å². The highest BCUT2D eigenvalue weighted by molar-refractivity contribution is 7.80. The Kier molecular flexibility index (Phi) is 5.76. The van der Waals surface area contributed by atoms with Crippen molar-refractivity contribution < 1.29 is 9.53 Å². The Morgan fingerprint density at radius 2 is 1.85 bits per heavy atom. The highest BCUT2D eigenvalue weighted by Gasteiger charge is 2.32. The molecule has 1 amide bonds. The molecule has 0 bridgehead atoms. The van der Waals surface area contributed by atoms with Gasteiger partial charge in [0, 0.05) is 24.8 Å². The Morgan fingerprint density at radius 1 is 1.15 bits per heavy atom. The average Bonchev–Trinajstić information content (AvgIpc) is 2.97. The van der Waals surface area contributed by atoms with Crippen LogP contribution in [-0.2, 0) is 4.79 Å². The van der Waals surface area contributed by atoms with Crippen molar-refractivity contribution in [2.75, 3.05) is 30.0 Å². The zero-order valence-electron chi connectivity index (χ0n) is 15.7. The maximum Gasteiger partial charge on any atom is 0.281 e. The third-order valence-corrected chi connectivity index (χ3v) is 4.81. The average molecular weight is 382 g/mol. The van der Waals surface area contributed by atoms with Gasteiger partial charge in [-0.25, -0.2) is 0 Å². The summed E-state index contributed by atoms with van der Waals surface area (Å²) in [7, 11) is 1.59. The van der Waals surface area contributed by atoms with Crippen molar-refractivity contribution in [1.29, 1.82) is 0 Å². The van der Waals surface area contributed by atoms with Crippen molar-refractivity contribution in [2.24, 2.45) is 0 Å². The molecule has 0 saturated carbocycles. The lowest BCUT2D eigenvalue weighted by molar-refractivity contribution is -0.113. The molecule has 1 N–H and O–H groups in total. The number of hydrogen-bond donors (Lipinski definition) is 1. The minimum Gasteiger partial charge on any atom is -0.497 e. The van der Waals surface area contributed by atoms with E-state index < -0.39 is 0 Å². The van der Waals surface area contributed by atoms with Crippen LogP contribution in [0.15, 0.2) is 54.2 Å². The molecule has 0 aliphatic carbocycles. The first-order chi connectivity index (χ1) is 13.1. The van der Waals surface area contributed by atoms with Gasteiger partial charge < -0.3 is 15.0 Å². The van der Waals surface area contributed by atoms with Crippen LogP contribution in [0.1, 0.15) is 19.4 Å². The molecule has 0 atom stereocenters. The molecule has 0 radical (unpaired) electrons. The molecular formula is C21H23N3O2S. The first kappa shape index (κ1) is 18.9. The van der Waals surface area contributed by atoms with Crippen molar-refractivity contribution in [3.8, 4) is 5.75 Å². The van der Waals surface area contributed by atoms with Gasteiger partial charge in [0.2, 0.25) is 0 Å². The third kappa shape index (κ3) is 3.95. The van der Waals surface area contributed by atoms with E-state index in [0.29, 0.717) is 22.2 Å². The predicted molar refractivity (Wildman–Crippen MR) is 114 cm³/mol. The molecule has 0 spiro atoms. The molecule has 1 aliphatic rings. The van der Waals surface area contributed by atoms with Crippen molar-refractivity contribution in [3.63, 3.8) is 0 Å². The summed E-state index contributed by atoms with van der Waals surface area (Å²) in [6, 6.07) is 15.4. The SMILES string of the molecule is CCN(CC)c1ccc(C=C2NC(=S)N(c3cccc(OC)c3)C2=O)cc1. The number of thiocarbonyl (C=S) groups is 1. The first-order valence-corrected chi connectivity index (χ1v) is 9.34. The largest absolute Gasteiger partial charge is 0.497 e. The summed E-state index contributed by atoms with van der Waals surface area (Å²) in [6.45, 7) is 6.19. The zero-order chi connectivity index (χ0) is 19.4. The fourth-order valence-electron chi connectivity index (χ4n) is 3.06. The van der Waals surface area contributed by atoms with Crippen LogP contribution >= 0.6 is 12.2 Å². The van der Waals surface area contributed by atoms with Gasteiger partial charge in [-0.2, -0.15) is 0 Å². The lowest BCUT2D eigenvalue weighted by Gasteiger charge is -2.20. The smallest absolute Gasteiger partial charge is 0.281 e. The van der Waals surface area contributed by atoms with Crippen molar-refractivity contribution in [1.82, 2.24) is 5.32 Å². The van der Waals surface area contributed by atoms with E-state index in [1.165, 1.54) is 10.6 Å². The lowest BCUT2D eigenvalue weighted by Crippen LogP contribution is -2.30. The lowest BCUT2D eigenvalue weighted by atomic mass is 10.1. The summed E-state index contributed by atoms with van der Waals surface area (Å²) in [6.07, 6.45) is 1.82. The van der Waals surface area contributed by atoms with E-state index in [1.54, 1.807) is 13.2 Å². The molecule has 27 heavy (non-hydrogen) atoms. The van der Waals surface area contributed by atoms with Gasteiger partial charge in [0.05, 0.1) is 12.8 Å². The van der Waals surface area contributed by atoms with Gasteiger partial charge in [0.25, 0.3) is 5.91 Å². The highest BCUT2D eigenvalue weighted by atomic mass is 32.1. The second-order valence-corrected chi connectivity index (χ2v) is 6.48. The molecule has 2 aromatic rings. The second kappa shape index (κ2) is 8.22. The van der Waals surface area contributed by atoms with E-state index in [9.17, 15) is 4.79 Å². The highest BCUT2D eigenvalue weighted by Crippen LogP contribution is 2.26. The fraction of sp³-hybridized carbons (Fsp3) is 0.238. The number of nitrogens with zero attached hydrogens (tertiary/aromatic N) is 2. The quantitative estimate of drug-likeness (QED) is 0.609. The van der Waals surface area contributed by atoms with E-state index in [0.717, 1.165) is 18.7 Å². The number of nitrogens with one attached hydrogen (secondary N) is 1. The van der Waals surface area contributed by atoms with E-state index in [2.05, 4.69) is 36.2 Å². The summed E-state index contributed by atoms with van der Waals surface area (Å²) >= 11 is 5.36. The van der Waals surface area contributed by atoms with Gasteiger partial charge in [-0.05, 0) is 62.0 Å².